The normalized spacial score (nSPS) is 24.9. The topological polar surface area (TPSA) is 37.4 Å². The molecule has 0 N–H and O–H groups in total. The third-order valence-corrected chi connectivity index (χ3v) is 5.30. The average molecular weight is 307 g/mol. The summed E-state index contributed by atoms with van der Waals surface area (Å²) in [7, 11) is -4.15. The van der Waals surface area contributed by atoms with Gasteiger partial charge in [0.2, 0.25) is 10.0 Å². The molecule has 0 aliphatic carbocycles. The third-order valence-electron chi connectivity index (χ3n) is 3.45. The van der Waals surface area contributed by atoms with Gasteiger partial charge in [-0.2, -0.15) is 4.31 Å². The van der Waals surface area contributed by atoms with Crippen LogP contribution < -0.4 is 0 Å². The minimum absolute atomic E-state index is 0.141. The summed E-state index contributed by atoms with van der Waals surface area (Å²) >= 11 is 0. The summed E-state index contributed by atoms with van der Waals surface area (Å²) in [5, 5.41) is 0. The van der Waals surface area contributed by atoms with Gasteiger partial charge in [0.05, 0.1) is 0 Å². The van der Waals surface area contributed by atoms with E-state index in [-0.39, 0.29) is 24.9 Å². The number of rotatable bonds is 2. The van der Waals surface area contributed by atoms with E-state index in [0.717, 1.165) is 16.8 Å². The number of piperidine rings is 1. The van der Waals surface area contributed by atoms with Gasteiger partial charge in [0, 0.05) is 13.1 Å². The number of hydrogen-bond donors (Lipinski definition) is 0. The van der Waals surface area contributed by atoms with Gasteiger partial charge in [-0.25, -0.2) is 21.6 Å². The van der Waals surface area contributed by atoms with Crippen LogP contribution in [-0.2, 0) is 10.0 Å². The molecule has 1 aliphatic rings. The molecular weight excluding hydrogens is 291 g/mol. The highest BCUT2D eigenvalue weighted by atomic mass is 32.2. The van der Waals surface area contributed by atoms with Gasteiger partial charge in [-0.3, -0.25) is 0 Å². The van der Waals surface area contributed by atoms with Crippen molar-refractivity contribution in [3.63, 3.8) is 0 Å². The number of halogens is 3. The molecule has 1 saturated heterocycles. The summed E-state index contributed by atoms with van der Waals surface area (Å²) in [5.41, 5.74) is 0. The lowest BCUT2D eigenvalue weighted by molar-refractivity contribution is 0.222. The SMILES string of the molecule is C[C@H]1C[C@H](C)CN(S(=O)(=O)c2ccc(F)c(F)c2F)C1. The van der Waals surface area contributed by atoms with E-state index in [2.05, 4.69) is 0 Å². The van der Waals surface area contributed by atoms with E-state index in [9.17, 15) is 21.6 Å². The Morgan fingerprint density at radius 3 is 2.15 bits per heavy atom. The quantitative estimate of drug-likeness (QED) is 0.788. The molecular formula is C13H16F3NO2S. The van der Waals surface area contributed by atoms with Crippen LogP contribution in [0.5, 0.6) is 0 Å². The molecule has 0 aromatic heterocycles. The van der Waals surface area contributed by atoms with Crippen molar-refractivity contribution in [2.24, 2.45) is 11.8 Å². The Morgan fingerprint density at radius 2 is 1.60 bits per heavy atom. The fraction of sp³-hybridized carbons (Fsp3) is 0.538. The van der Waals surface area contributed by atoms with Crippen LogP contribution in [0, 0.1) is 29.3 Å². The Labute approximate surface area is 116 Å². The maximum atomic E-state index is 13.7. The molecule has 3 nitrogen and oxygen atoms in total. The number of benzene rings is 1. The molecule has 2 rings (SSSR count). The lowest BCUT2D eigenvalue weighted by Gasteiger charge is -2.34. The summed E-state index contributed by atoms with van der Waals surface area (Å²) in [6, 6.07) is 1.40. The van der Waals surface area contributed by atoms with Gasteiger partial charge in [0.1, 0.15) is 4.90 Å². The molecule has 20 heavy (non-hydrogen) atoms. The van der Waals surface area contributed by atoms with Gasteiger partial charge >= 0.3 is 0 Å². The van der Waals surface area contributed by atoms with E-state index >= 15 is 0 Å². The summed E-state index contributed by atoms with van der Waals surface area (Å²) in [5.74, 6) is -4.54. The first-order valence-corrected chi connectivity index (χ1v) is 7.81. The molecule has 1 aliphatic heterocycles. The largest absolute Gasteiger partial charge is 0.246 e. The zero-order valence-corrected chi connectivity index (χ0v) is 12.1. The molecule has 0 radical (unpaired) electrons. The number of hydrogen-bond acceptors (Lipinski definition) is 2. The highest BCUT2D eigenvalue weighted by molar-refractivity contribution is 7.89. The van der Waals surface area contributed by atoms with Crippen molar-refractivity contribution in [3.8, 4) is 0 Å². The maximum Gasteiger partial charge on any atom is 0.246 e. The standard InChI is InChI=1S/C13H16F3NO2S/c1-8-5-9(2)7-17(6-8)20(18,19)11-4-3-10(14)12(15)13(11)16/h3-4,8-9H,5-7H2,1-2H3/t8-,9-/m0/s1. The van der Waals surface area contributed by atoms with E-state index in [0.29, 0.717) is 6.07 Å². The first kappa shape index (κ1) is 15.3. The fourth-order valence-corrected chi connectivity index (χ4v) is 4.38. The lowest BCUT2D eigenvalue weighted by Crippen LogP contribution is -2.42. The second-order valence-electron chi connectivity index (χ2n) is 5.44. The van der Waals surface area contributed by atoms with Gasteiger partial charge in [-0.1, -0.05) is 13.8 Å². The van der Waals surface area contributed by atoms with Crippen LogP contribution in [0.25, 0.3) is 0 Å². The van der Waals surface area contributed by atoms with Crippen LogP contribution in [0.4, 0.5) is 13.2 Å². The minimum Gasteiger partial charge on any atom is -0.207 e. The molecule has 1 fully saturated rings. The highest BCUT2D eigenvalue weighted by Gasteiger charge is 2.34. The molecule has 2 atom stereocenters. The van der Waals surface area contributed by atoms with Gasteiger partial charge < -0.3 is 0 Å². The molecule has 1 heterocycles. The van der Waals surface area contributed by atoms with E-state index in [1.54, 1.807) is 0 Å². The highest BCUT2D eigenvalue weighted by Crippen LogP contribution is 2.28. The van der Waals surface area contributed by atoms with Gasteiger partial charge in [-0.15, -0.1) is 0 Å². The van der Waals surface area contributed by atoms with E-state index in [4.69, 9.17) is 0 Å². The van der Waals surface area contributed by atoms with Crippen molar-refractivity contribution in [1.82, 2.24) is 4.31 Å². The predicted molar refractivity (Wildman–Crippen MR) is 68.0 cm³/mol. The van der Waals surface area contributed by atoms with Crippen LogP contribution in [0.15, 0.2) is 17.0 Å². The Balaban J connectivity index is 2.43. The first-order chi connectivity index (χ1) is 9.23. The van der Waals surface area contributed by atoms with Crippen LogP contribution in [0.2, 0.25) is 0 Å². The monoisotopic (exact) mass is 307 g/mol. The Morgan fingerprint density at radius 1 is 1.05 bits per heavy atom. The molecule has 0 saturated carbocycles. The van der Waals surface area contributed by atoms with Gasteiger partial charge in [0.25, 0.3) is 0 Å². The zero-order chi connectivity index (χ0) is 15.1. The van der Waals surface area contributed by atoms with Crippen molar-refractivity contribution in [3.05, 3.63) is 29.6 Å². The summed E-state index contributed by atoms with van der Waals surface area (Å²) in [6.07, 6.45) is 0.881. The van der Waals surface area contributed by atoms with Crippen molar-refractivity contribution in [2.75, 3.05) is 13.1 Å². The zero-order valence-electron chi connectivity index (χ0n) is 11.2. The lowest BCUT2D eigenvalue weighted by atomic mass is 9.94. The second-order valence-corrected chi connectivity index (χ2v) is 7.35. The van der Waals surface area contributed by atoms with Crippen molar-refractivity contribution in [2.45, 2.75) is 25.2 Å². The fourth-order valence-electron chi connectivity index (χ4n) is 2.65. The molecule has 0 unspecified atom stereocenters. The second kappa shape index (κ2) is 5.37. The molecule has 112 valence electrons. The molecule has 1 aromatic rings. The van der Waals surface area contributed by atoms with E-state index in [1.807, 2.05) is 13.8 Å². The molecule has 0 amide bonds. The summed E-state index contributed by atoms with van der Waals surface area (Å²) < 4.78 is 65.6. The molecule has 0 spiro atoms. The Hall–Kier alpha value is -1.08. The Bertz CT molecular complexity index is 608. The number of sulfonamides is 1. The van der Waals surface area contributed by atoms with Crippen LogP contribution in [0.3, 0.4) is 0 Å². The van der Waals surface area contributed by atoms with Gasteiger partial charge in [-0.05, 0) is 30.4 Å². The number of nitrogens with zero attached hydrogens (tertiary/aromatic N) is 1. The van der Waals surface area contributed by atoms with Crippen molar-refractivity contribution >= 4 is 10.0 Å². The molecule has 0 bridgehead atoms. The average Bonchev–Trinajstić information content (AvgIpc) is 2.34. The van der Waals surface area contributed by atoms with Crippen LogP contribution in [0.1, 0.15) is 20.3 Å². The molecule has 7 heteroatoms. The molecule has 1 aromatic carbocycles. The van der Waals surface area contributed by atoms with Crippen LogP contribution >= 0.6 is 0 Å². The van der Waals surface area contributed by atoms with Crippen molar-refractivity contribution < 1.29 is 21.6 Å². The Kier molecular flexibility index (Phi) is 4.11. The van der Waals surface area contributed by atoms with Crippen LogP contribution in [-0.4, -0.2) is 25.8 Å². The smallest absolute Gasteiger partial charge is 0.207 e. The third kappa shape index (κ3) is 2.69. The first-order valence-electron chi connectivity index (χ1n) is 6.37. The van der Waals surface area contributed by atoms with E-state index in [1.165, 1.54) is 0 Å². The predicted octanol–water partition coefficient (Wildman–Crippen LogP) is 2.77. The van der Waals surface area contributed by atoms with Gasteiger partial charge in [0.15, 0.2) is 17.5 Å². The summed E-state index contributed by atoms with van der Waals surface area (Å²) in [6.45, 7) is 4.32. The van der Waals surface area contributed by atoms with Crippen molar-refractivity contribution in [1.29, 1.82) is 0 Å². The maximum absolute atomic E-state index is 13.7. The minimum atomic E-state index is -4.15. The van der Waals surface area contributed by atoms with E-state index < -0.39 is 32.4 Å². The summed E-state index contributed by atoms with van der Waals surface area (Å²) in [4.78, 5) is -0.808.